The zero-order valence-electron chi connectivity index (χ0n) is 23.2. The Morgan fingerprint density at radius 3 is 2.52 bits per heavy atom. The van der Waals surface area contributed by atoms with Crippen molar-refractivity contribution in [3.8, 4) is 0 Å². The van der Waals surface area contributed by atoms with Crippen molar-refractivity contribution in [2.75, 3.05) is 19.8 Å². The van der Waals surface area contributed by atoms with Gasteiger partial charge in [-0.05, 0) is 33.6 Å². The third-order valence-electron chi connectivity index (χ3n) is 11.1. The predicted octanol–water partition coefficient (Wildman–Crippen LogP) is 0.736. The SMILES string of the molecule is CC(O)C1C=C/C=C/C(=O)OC2CC3OC4C5OC5(C)CCC4(COC(=O)C4OC4(C)C(O)CO1)C2(C)C31CO1. The van der Waals surface area contributed by atoms with Crippen LogP contribution < -0.4 is 0 Å². The Hall–Kier alpha value is -1.86. The molecule has 13 atom stereocenters. The van der Waals surface area contributed by atoms with Crippen molar-refractivity contribution in [2.45, 2.75) is 113 Å². The number of cyclic esters (lactones) is 1. The zero-order chi connectivity index (χ0) is 28.3. The van der Waals surface area contributed by atoms with Gasteiger partial charge in [0.1, 0.15) is 42.2 Å². The molecular formula is C29H38O11. The monoisotopic (exact) mass is 562 g/mol. The van der Waals surface area contributed by atoms with E-state index < -0.39 is 64.5 Å². The van der Waals surface area contributed by atoms with Crippen molar-refractivity contribution in [2.24, 2.45) is 10.8 Å². The van der Waals surface area contributed by atoms with Crippen LogP contribution >= 0.6 is 0 Å². The number of aliphatic hydroxyl groups excluding tert-OH is 2. The highest BCUT2D eigenvalue weighted by molar-refractivity contribution is 5.82. The van der Waals surface area contributed by atoms with E-state index in [0.29, 0.717) is 19.4 Å². The van der Waals surface area contributed by atoms with Crippen LogP contribution in [0.5, 0.6) is 0 Å². The summed E-state index contributed by atoms with van der Waals surface area (Å²) in [6.45, 7) is 7.67. The van der Waals surface area contributed by atoms with Gasteiger partial charge >= 0.3 is 11.9 Å². The number of esters is 2. The number of hydrogen-bond donors (Lipinski definition) is 2. The lowest BCUT2D eigenvalue weighted by Gasteiger charge is -2.58. The summed E-state index contributed by atoms with van der Waals surface area (Å²) in [4.78, 5) is 26.4. The van der Waals surface area contributed by atoms with Gasteiger partial charge in [-0.3, -0.25) is 0 Å². The summed E-state index contributed by atoms with van der Waals surface area (Å²) in [7, 11) is 0. The molecule has 2 saturated carbocycles. The van der Waals surface area contributed by atoms with E-state index in [-0.39, 0.29) is 37.1 Å². The standard InChI is InChI=1S/C29H38O11/c1-15(30)16-7-5-6-8-20(32)37-18-11-19-29(14-36-29)27(18,4)28(10-9-25(2)21(39-25)22(28)38-19)13-35-24(33)23-26(3,40-23)17(31)12-34-16/h5-8,15-19,21-23,30-31H,9-14H2,1-4H3/b7-5?,8-6+. The molecule has 2 spiro atoms. The number of fused-ring (bicyclic) bond motifs is 3. The summed E-state index contributed by atoms with van der Waals surface area (Å²) in [6, 6.07) is 0. The van der Waals surface area contributed by atoms with E-state index >= 15 is 0 Å². The molecule has 2 aliphatic carbocycles. The number of carbonyl (C=O) groups excluding carboxylic acids is 2. The van der Waals surface area contributed by atoms with Crippen molar-refractivity contribution in [1.29, 1.82) is 0 Å². The number of carbonyl (C=O) groups is 2. The molecule has 2 bridgehead atoms. The fourth-order valence-corrected chi connectivity index (χ4v) is 8.09. The van der Waals surface area contributed by atoms with E-state index in [4.69, 9.17) is 33.2 Å². The van der Waals surface area contributed by atoms with Crippen LogP contribution in [0.4, 0.5) is 0 Å². The average Bonchev–Trinajstić information content (AvgIpc) is 3.81. The van der Waals surface area contributed by atoms with Crippen LogP contribution in [0.3, 0.4) is 0 Å². The molecule has 5 heterocycles. The number of ether oxygens (including phenoxy) is 7. The fraction of sp³-hybridized carbons (Fsp3) is 0.793. The highest BCUT2D eigenvalue weighted by Crippen LogP contribution is 2.75. The maximum atomic E-state index is 13.4. The van der Waals surface area contributed by atoms with E-state index in [2.05, 4.69) is 13.8 Å². The third-order valence-corrected chi connectivity index (χ3v) is 11.1. The van der Waals surface area contributed by atoms with Gasteiger partial charge in [0.2, 0.25) is 0 Å². The molecule has 4 saturated heterocycles. The van der Waals surface area contributed by atoms with Crippen LogP contribution in [0.1, 0.15) is 47.0 Å². The first kappa shape index (κ1) is 27.0. The highest BCUT2D eigenvalue weighted by Gasteiger charge is 2.86. The Balaban J connectivity index is 1.25. The summed E-state index contributed by atoms with van der Waals surface area (Å²) >= 11 is 0. The summed E-state index contributed by atoms with van der Waals surface area (Å²) < 4.78 is 42.6. The van der Waals surface area contributed by atoms with Gasteiger partial charge in [-0.25, -0.2) is 9.59 Å². The molecule has 2 N–H and O–H groups in total. The van der Waals surface area contributed by atoms with Gasteiger partial charge in [0.05, 0.1) is 42.5 Å². The van der Waals surface area contributed by atoms with Crippen LogP contribution in [0.25, 0.3) is 0 Å². The second kappa shape index (κ2) is 8.59. The summed E-state index contributed by atoms with van der Waals surface area (Å²) in [6.07, 6.45) is 2.83. The summed E-state index contributed by atoms with van der Waals surface area (Å²) in [5, 5.41) is 20.9. The van der Waals surface area contributed by atoms with E-state index in [0.717, 1.165) is 6.42 Å². The molecule has 0 radical (unpaired) electrons. The van der Waals surface area contributed by atoms with Gasteiger partial charge in [-0.2, -0.15) is 0 Å². The normalized spacial score (nSPS) is 56.4. The number of epoxide rings is 3. The Kier molecular flexibility index (Phi) is 5.80. The topological polar surface area (TPSA) is 149 Å². The Morgan fingerprint density at radius 2 is 1.80 bits per heavy atom. The fourth-order valence-electron chi connectivity index (χ4n) is 8.09. The molecule has 7 rings (SSSR count). The second-order valence-corrected chi connectivity index (χ2v) is 13.2. The van der Waals surface area contributed by atoms with Crippen LogP contribution in [0.2, 0.25) is 0 Å². The van der Waals surface area contributed by atoms with E-state index in [1.54, 1.807) is 26.0 Å². The molecule has 220 valence electrons. The largest absolute Gasteiger partial charge is 0.463 e. The third kappa shape index (κ3) is 3.55. The molecule has 6 fully saturated rings. The van der Waals surface area contributed by atoms with E-state index in [1.165, 1.54) is 12.2 Å². The molecule has 40 heavy (non-hydrogen) atoms. The predicted molar refractivity (Wildman–Crippen MR) is 135 cm³/mol. The molecule has 5 aliphatic heterocycles. The Labute approximate surface area is 232 Å². The molecule has 0 amide bonds. The Bertz CT molecular complexity index is 1160. The lowest BCUT2D eigenvalue weighted by atomic mass is 9.50. The number of aliphatic hydroxyl groups is 2. The zero-order valence-corrected chi connectivity index (χ0v) is 23.2. The minimum atomic E-state index is -1.18. The molecule has 0 aromatic rings. The first-order valence-electron chi connectivity index (χ1n) is 14.3. The number of allylic oxidation sites excluding steroid dienone is 2. The lowest BCUT2D eigenvalue weighted by molar-refractivity contribution is -0.251. The van der Waals surface area contributed by atoms with E-state index in [1.807, 2.05) is 0 Å². The molecule has 11 heteroatoms. The van der Waals surface area contributed by atoms with Gasteiger partial charge in [0.25, 0.3) is 0 Å². The van der Waals surface area contributed by atoms with Gasteiger partial charge in [-0.15, -0.1) is 0 Å². The van der Waals surface area contributed by atoms with Gasteiger partial charge in [0.15, 0.2) is 6.10 Å². The van der Waals surface area contributed by atoms with Crippen molar-refractivity contribution >= 4 is 11.9 Å². The first-order chi connectivity index (χ1) is 18.9. The maximum absolute atomic E-state index is 13.4. The van der Waals surface area contributed by atoms with E-state index in [9.17, 15) is 19.8 Å². The van der Waals surface area contributed by atoms with Crippen LogP contribution in [0, 0.1) is 10.8 Å². The summed E-state index contributed by atoms with van der Waals surface area (Å²) in [5.41, 5.74) is -3.54. The van der Waals surface area contributed by atoms with Crippen molar-refractivity contribution in [1.82, 2.24) is 0 Å². The molecule has 0 aromatic heterocycles. The second-order valence-electron chi connectivity index (χ2n) is 13.2. The van der Waals surface area contributed by atoms with Crippen LogP contribution in [-0.2, 0) is 42.7 Å². The van der Waals surface area contributed by atoms with Gasteiger partial charge in [-0.1, -0.05) is 25.2 Å². The lowest BCUT2D eigenvalue weighted by Crippen LogP contribution is -2.69. The van der Waals surface area contributed by atoms with Gasteiger partial charge < -0.3 is 43.4 Å². The minimum Gasteiger partial charge on any atom is -0.463 e. The Morgan fingerprint density at radius 1 is 1.02 bits per heavy atom. The smallest absolute Gasteiger partial charge is 0.338 e. The van der Waals surface area contributed by atoms with Gasteiger partial charge in [0, 0.05) is 17.9 Å². The average molecular weight is 563 g/mol. The first-order valence-corrected chi connectivity index (χ1v) is 14.3. The molecule has 7 aliphatic rings. The molecule has 13 unspecified atom stereocenters. The van der Waals surface area contributed by atoms with Crippen LogP contribution in [-0.4, -0.2) is 108 Å². The highest BCUT2D eigenvalue weighted by atomic mass is 16.7. The molecular weight excluding hydrogens is 524 g/mol. The minimum absolute atomic E-state index is 0.0139. The summed E-state index contributed by atoms with van der Waals surface area (Å²) in [5.74, 6) is -1.10. The van der Waals surface area contributed by atoms with Crippen LogP contribution in [0.15, 0.2) is 24.3 Å². The van der Waals surface area contributed by atoms with Crippen molar-refractivity contribution < 1.29 is 53.0 Å². The molecule has 11 nitrogen and oxygen atoms in total. The molecule has 0 aromatic carbocycles. The quantitative estimate of drug-likeness (QED) is 0.344. The number of hydrogen-bond acceptors (Lipinski definition) is 11. The van der Waals surface area contributed by atoms with Crippen molar-refractivity contribution in [3.63, 3.8) is 0 Å². The number of rotatable bonds is 1. The maximum Gasteiger partial charge on any atom is 0.338 e. The van der Waals surface area contributed by atoms with Crippen molar-refractivity contribution in [3.05, 3.63) is 24.3 Å².